The molecule has 1 heterocycles. The Labute approximate surface area is 88.4 Å². The van der Waals surface area contributed by atoms with E-state index in [0.29, 0.717) is 13.2 Å². The maximum Gasteiger partial charge on any atom is 0.221 e. The molecule has 4 nitrogen and oxygen atoms in total. The normalized spacial score (nSPS) is 19.5. The van der Waals surface area contributed by atoms with Gasteiger partial charge in [-0.25, -0.2) is 0 Å². The minimum Gasteiger partial charge on any atom is -0.375 e. The SMILES string of the molecule is CC(=O)Nc1cccc2c1COC[C@@H]2N. The maximum absolute atomic E-state index is 11.0. The third kappa shape index (κ3) is 2.00. The van der Waals surface area contributed by atoms with Crippen molar-refractivity contribution in [1.82, 2.24) is 0 Å². The Bertz CT molecular complexity index is 390. The molecule has 80 valence electrons. The maximum atomic E-state index is 11.0. The summed E-state index contributed by atoms with van der Waals surface area (Å²) >= 11 is 0. The first-order chi connectivity index (χ1) is 7.18. The van der Waals surface area contributed by atoms with Crippen molar-refractivity contribution in [2.24, 2.45) is 5.73 Å². The van der Waals surface area contributed by atoms with Crippen molar-refractivity contribution in [3.05, 3.63) is 29.3 Å². The molecule has 0 radical (unpaired) electrons. The Balaban J connectivity index is 2.40. The number of rotatable bonds is 1. The molecular weight excluding hydrogens is 192 g/mol. The second-order valence-corrected chi connectivity index (χ2v) is 3.68. The van der Waals surface area contributed by atoms with Crippen LogP contribution in [0.25, 0.3) is 0 Å². The van der Waals surface area contributed by atoms with Crippen LogP contribution in [-0.4, -0.2) is 12.5 Å². The van der Waals surface area contributed by atoms with Gasteiger partial charge >= 0.3 is 0 Å². The topological polar surface area (TPSA) is 64.3 Å². The molecular formula is C11H14N2O2. The molecule has 1 aliphatic rings. The van der Waals surface area contributed by atoms with Crippen molar-refractivity contribution < 1.29 is 9.53 Å². The largest absolute Gasteiger partial charge is 0.375 e. The van der Waals surface area contributed by atoms with Crippen molar-refractivity contribution >= 4 is 11.6 Å². The van der Waals surface area contributed by atoms with Crippen LogP contribution < -0.4 is 11.1 Å². The van der Waals surface area contributed by atoms with Crippen molar-refractivity contribution in [1.29, 1.82) is 0 Å². The number of benzene rings is 1. The summed E-state index contributed by atoms with van der Waals surface area (Å²) in [5.74, 6) is -0.0810. The van der Waals surface area contributed by atoms with Gasteiger partial charge in [0.05, 0.1) is 19.3 Å². The molecule has 1 amide bonds. The van der Waals surface area contributed by atoms with Gasteiger partial charge in [0.15, 0.2) is 0 Å². The van der Waals surface area contributed by atoms with Crippen LogP contribution in [0.5, 0.6) is 0 Å². The van der Waals surface area contributed by atoms with E-state index >= 15 is 0 Å². The molecule has 4 heteroatoms. The summed E-state index contributed by atoms with van der Waals surface area (Å²) in [6.45, 7) is 2.54. The average molecular weight is 206 g/mol. The number of anilines is 1. The summed E-state index contributed by atoms with van der Waals surface area (Å²) in [6, 6.07) is 5.65. The van der Waals surface area contributed by atoms with Crippen molar-refractivity contribution in [2.75, 3.05) is 11.9 Å². The highest BCUT2D eigenvalue weighted by atomic mass is 16.5. The zero-order valence-corrected chi connectivity index (χ0v) is 8.62. The minimum absolute atomic E-state index is 0.0810. The van der Waals surface area contributed by atoms with Gasteiger partial charge in [-0.2, -0.15) is 0 Å². The van der Waals surface area contributed by atoms with Crippen LogP contribution in [-0.2, 0) is 16.1 Å². The van der Waals surface area contributed by atoms with Gasteiger partial charge in [0, 0.05) is 18.2 Å². The van der Waals surface area contributed by atoms with Crippen molar-refractivity contribution in [3.8, 4) is 0 Å². The van der Waals surface area contributed by atoms with Gasteiger partial charge < -0.3 is 15.8 Å². The van der Waals surface area contributed by atoms with E-state index in [9.17, 15) is 4.79 Å². The molecule has 1 aromatic rings. The van der Waals surface area contributed by atoms with E-state index in [0.717, 1.165) is 16.8 Å². The van der Waals surface area contributed by atoms with E-state index in [1.807, 2.05) is 18.2 Å². The summed E-state index contributed by atoms with van der Waals surface area (Å²) in [6.07, 6.45) is 0. The molecule has 0 saturated heterocycles. The molecule has 0 aliphatic carbocycles. The zero-order chi connectivity index (χ0) is 10.8. The summed E-state index contributed by atoms with van der Waals surface area (Å²) in [5, 5.41) is 2.78. The third-order valence-corrected chi connectivity index (χ3v) is 2.47. The summed E-state index contributed by atoms with van der Waals surface area (Å²) in [7, 11) is 0. The highest BCUT2D eigenvalue weighted by molar-refractivity contribution is 5.89. The monoisotopic (exact) mass is 206 g/mol. The Kier molecular flexibility index (Phi) is 2.70. The standard InChI is InChI=1S/C11H14N2O2/c1-7(14)13-11-4-2-3-8-9(11)5-15-6-10(8)12/h2-4,10H,5-6,12H2,1H3,(H,13,14)/t10-/m0/s1. The second-order valence-electron chi connectivity index (χ2n) is 3.68. The quantitative estimate of drug-likeness (QED) is 0.725. The second kappa shape index (κ2) is 4.00. The van der Waals surface area contributed by atoms with E-state index < -0.39 is 0 Å². The third-order valence-electron chi connectivity index (χ3n) is 2.47. The van der Waals surface area contributed by atoms with Gasteiger partial charge in [0.1, 0.15) is 0 Å². The first kappa shape index (κ1) is 10.1. The lowest BCUT2D eigenvalue weighted by molar-refractivity contribution is -0.114. The number of amides is 1. The van der Waals surface area contributed by atoms with E-state index in [1.54, 1.807) is 0 Å². The van der Waals surface area contributed by atoms with E-state index in [1.165, 1.54) is 6.92 Å². The number of hydrogen-bond acceptors (Lipinski definition) is 3. The molecule has 1 atom stereocenters. The number of carbonyl (C=O) groups is 1. The van der Waals surface area contributed by atoms with Gasteiger partial charge in [-0.1, -0.05) is 12.1 Å². The number of nitrogens with one attached hydrogen (secondary N) is 1. The number of ether oxygens (including phenoxy) is 1. The van der Waals surface area contributed by atoms with Gasteiger partial charge in [-0.05, 0) is 11.6 Å². The van der Waals surface area contributed by atoms with Crippen LogP contribution in [0.2, 0.25) is 0 Å². The van der Waals surface area contributed by atoms with Crippen LogP contribution >= 0.6 is 0 Å². The number of carbonyl (C=O) groups excluding carboxylic acids is 1. The van der Waals surface area contributed by atoms with Gasteiger partial charge in [0.25, 0.3) is 0 Å². The minimum atomic E-state index is -0.0949. The fourth-order valence-corrected chi connectivity index (χ4v) is 1.80. The van der Waals surface area contributed by atoms with E-state index in [-0.39, 0.29) is 11.9 Å². The number of fused-ring (bicyclic) bond motifs is 1. The number of hydrogen-bond donors (Lipinski definition) is 2. The van der Waals surface area contributed by atoms with Crippen LogP contribution in [0, 0.1) is 0 Å². The number of nitrogens with two attached hydrogens (primary N) is 1. The summed E-state index contributed by atoms with van der Waals surface area (Å²) in [4.78, 5) is 11.0. The molecule has 0 unspecified atom stereocenters. The fraction of sp³-hybridized carbons (Fsp3) is 0.364. The van der Waals surface area contributed by atoms with Gasteiger partial charge in [-0.15, -0.1) is 0 Å². The predicted octanol–water partition coefficient (Wildman–Crippen LogP) is 1.17. The van der Waals surface area contributed by atoms with Gasteiger partial charge in [-0.3, -0.25) is 4.79 Å². The lowest BCUT2D eigenvalue weighted by Gasteiger charge is -2.24. The van der Waals surface area contributed by atoms with Crippen molar-refractivity contribution in [2.45, 2.75) is 19.6 Å². The molecule has 15 heavy (non-hydrogen) atoms. The lowest BCUT2D eigenvalue weighted by Crippen LogP contribution is -2.24. The highest BCUT2D eigenvalue weighted by Gasteiger charge is 2.19. The molecule has 0 fully saturated rings. The van der Waals surface area contributed by atoms with Crippen LogP contribution in [0.4, 0.5) is 5.69 Å². The molecule has 1 aromatic carbocycles. The smallest absolute Gasteiger partial charge is 0.221 e. The molecule has 0 saturated carbocycles. The summed E-state index contributed by atoms with van der Waals surface area (Å²) in [5.41, 5.74) is 8.76. The Morgan fingerprint density at radius 3 is 3.13 bits per heavy atom. The zero-order valence-electron chi connectivity index (χ0n) is 8.62. The van der Waals surface area contributed by atoms with Crippen LogP contribution in [0.1, 0.15) is 24.1 Å². The van der Waals surface area contributed by atoms with Crippen LogP contribution in [0.15, 0.2) is 18.2 Å². The molecule has 0 bridgehead atoms. The molecule has 1 aliphatic heterocycles. The predicted molar refractivity (Wildman–Crippen MR) is 57.3 cm³/mol. The fourth-order valence-electron chi connectivity index (χ4n) is 1.80. The van der Waals surface area contributed by atoms with Crippen molar-refractivity contribution in [3.63, 3.8) is 0 Å². The van der Waals surface area contributed by atoms with E-state index in [2.05, 4.69) is 5.32 Å². The lowest BCUT2D eigenvalue weighted by atomic mass is 9.98. The Morgan fingerprint density at radius 1 is 1.60 bits per heavy atom. The Hall–Kier alpha value is -1.39. The Morgan fingerprint density at radius 2 is 2.40 bits per heavy atom. The first-order valence-electron chi connectivity index (χ1n) is 4.91. The molecule has 2 rings (SSSR count). The molecule has 0 aromatic heterocycles. The average Bonchev–Trinajstić information content (AvgIpc) is 2.19. The highest BCUT2D eigenvalue weighted by Crippen LogP contribution is 2.28. The summed E-state index contributed by atoms with van der Waals surface area (Å²) < 4.78 is 5.35. The van der Waals surface area contributed by atoms with Gasteiger partial charge in [0.2, 0.25) is 5.91 Å². The molecule has 3 N–H and O–H groups in total. The molecule has 0 spiro atoms. The first-order valence-corrected chi connectivity index (χ1v) is 4.91. The van der Waals surface area contributed by atoms with E-state index in [4.69, 9.17) is 10.5 Å². The van der Waals surface area contributed by atoms with Crippen LogP contribution in [0.3, 0.4) is 0 Å².